The number of fused-ring (bicyclic) bond motifs is 1. The SMILES string of the molecule is CCOP(=O)(OCC)C(C[C@]1(c2cccc(C)c2)C(=O)N(C(=O)OC(C)(C)C)c2ccc(F)cc21)P(=O)(OCC)OCC. The third-order valence-electron chi connectivity index (χ3n) is 6.77. The van der Waals surface area contributed by atoms with Gasteiger partial charge >= 0.3 is 21.3 Å². The molecule has 0 saturated heterocycles. The van der Waals surface area contributed by atoms with Crippen molar-refractivity contribution in [2.45, 2.75) is 78.2 Å². The molecule has 0 radical (unpaired) electrons. The van der Waals surface area contributed by atoms with E-state index in [1.54, 1.807) is 66.7 Å². The third-order valence-corrected chi connectivity index (χ3v) is 12.8. The van der Waals surface area contributed by atoms with E-state index in [4.69, 9.17) is 22.8 Å². The molecule has 0 aliphatic carbocycles. The van der Waals surface area contributed by atoms with Gasteiger partial charge in [0.1, 0.15) is 16.8 Å². The van der Waals surface area contributed by atoms with E-state index in [0.29, 0.717) is 5.56 Å². The highest BCUT2D eigenvalue weighted by Gasteiger charge is 2.62. The minimum atomic E-state index is -4.36. The Bertz CT molecular complexity index is 1380. The zero-order valence-corrected chi connectivity index (χ0v) is 27.8. The Kier molecular flexibility index (Phi) is 11.2. The van der Waals surface area contributed by atoms with Crippen molar-refractivity contribution in [3.8, 4) is 0 Å². The highest BCUT2D eigenvalue weighted by atomic mass is 31.2. The van der Waals surface area contributed by atoms with Crippen LogP contribution < -0.4 is 4.90 Å². The predicted molar refractivity (Wildman–Crippen MR) is 162 cm³/mol. The third kappa shape index (κ3) is 7.14. The molecular formula is C30H42FNO9P2. The van der Waals surface area contributed by atoms with Crippen molar-refractivity contribution in [3.05, 3.63) is 65.0 Å². The Morgan fingerprint density at radius 3 is 1.91 bits per heavy atom. The molecule has 0 spiro atoms. The van der Waals surface area contributed by atoms with Crippen LogP contribution in [0, 0.1) is 12.7 Å². The summed E-state index contributed by atoms with van der Waals surface area (Å²) in [5.41, 5.74) is -1.60. The lowest BCUT2D eigenvalue weighted by Gasteiger charge is -2.37. The summed E-state index contributed by atoms with van der Waals surface area (Å²) in [5.74, 6) is -1.49. The molecule has 1 atom stereocenters. The second-order valence-corrected chi connectivity index (χ2v) is 15.8. The first-order chi connectivity index (χ1) is 20.1. The second kappa shape index (κ2) is 13.7. The van der Waals surface area contributed by atoms with Gasteiger partial charge in [0.25, 0.3) is 5.91 Å². The topological polar surface area (TPSA) is 118 Å². The molecule has 2 aromatic carbocycles. The van der Waals surface area contributed by atoms with Crippen LogP contribution in [0.2, 0.25) is 0 Å². The van der Waals surface area contributed by atoms with Crippen LogP contribution in [-0.2, 0) is 42.2 Å². The molecule has 1 heterocycles. The molecule has 238 valence electrons. The highest BCUT2D eigenvalue weighted by molar-refractivity contribution is 7.72. The number of imide groups is 1. The lowest BCUT2D eigenvalue weighted by molar-refractivity contribution is -0.121. The number of ether oxygens (including phenoxy) is 1. The van der Waals surface area contributed by atoms with Crippen LogP contribution in [0.1, 0.15) is 71.6 Å². The number of hydrogen-bond acceptors (Lipinski definition) is 9. The lowest BCUT2D eigenvalue weighted by Crippen LogP contribution is -2.47. The number of amides is 2. The van der Waals surface area contributed by atoms with Gasteiger partial charge in [-0.2, -0.15) is 0 Å². The molecule has 0 saturated carbocycles. The molecule has 3 rings (SSSR count). The van der Waals surface area contributed by atoms with Crippen molar-refractivity contribution in [2.75, 3.05) is 31.3 Å². The van der Waals surface area contributed by atoms with E-state index in [1.165, 1.54) is 6.07 Å². The first-order valence-electron chi connectivity index (χ1n) is 14.3. The largest absolute Gasteiger partial charge is 0.443 e. The molecule has 0 aromatic heterocycles. The lowest BCUT2D eigenvalue weighted by atomic mass is 9.73. The highest BCUT2D eigenvalue weighted by Crippen LogP contribution is 2.73. The van der Waals surface area contributed by atoms with E-state index < -0.39 is 55.8 Å². The van der Waals surface area contributed by atoms with Gasteiger partial charge in [-0.15, -0.1) is 0 Å². The van der Waals surface area contributed by atoms with E-state index in [0.717, 1.165) is 22.6 Å². The van der Waals surface area contributed by atoms with E-state index in [-0.39, 0.29) is 37.7 Å². The fourth-order valence-corrected chi connectivity index (χ4v) is 10.7. The minimum absolute atomic E-state index is 0.0752. The molecule has 0 fully saturated rings. The summed E-state index contributed by atoms with van der Waals surface area (Å²) >= 11 is 0. The van der Waals surface area contributed by atoms with Crippen LogP contribution in [0.15, 0.2) is 42.5 Å². The number of aryl methyl sites for hydroxylation is 1. The van der Waals surface area contributed by atoms with Crippen LogP contribution in [0.5, 0.6) is 0 Å². The van der Waals surface area contributed by atoms with E-state index >= 15 is 4.39 Å². The van der Waals surface area contributed by atoms with Crippen molar-refractivity contribution in [1.29, 1.82) is 0 Å². The summed E-state index contributed by atoms with van der Waals surface area (Å²) in [4.78, 5) is 29.2. The fraction of sp³-hybridized carbons (Fsp3) is 0.533. The number of hydrogen-bond donors (Lipinski definition) is 0. The van der Waals surface area contributed by atoms with Crippen LogP contribution in [0.4, 0.5) is 14.9 Å². The number of halogens is 1. The molecule has 43 heavy (non-hydrogen) atoms. The molecule has 1 aliphatic rings. The predicted octanol–water partition coefficient (Wildman–Crippen LogP) is 7.95. The molecule has 0 unspecified atom stereocenters. The van der Waals surface area contributed by atoms with Crippen LogP contribution in [0.3, 0.4) is 0 Å². The Hall–Kier alpha value is -2.39. The maximum absolute atomic E-state index is 15.1. The van der Waals surface area contributed by atoms with Gasteiger partial charge in [0, 0.05) is 0 Å². The molecular weight excluding hydrogens is 599 g/mol. The fourth-order valence-electron chi connectivity index (χ4n) is 5.26. The Balaban J connectivity index is 2.45. The second-order valence-electron chi connectivity index (χ2n) is 11.0. The summed E-state index contributed by atoms with van der Waals surface area (Å²) in [6, 6.07) is 10.5. The van der Waals surface area contributed by atoms with Crippen LogP contribution in [-0.4, -0.2) is 49.4 Å². The zero-order chi connectivity index (χ0) is 32.2. The summed E-state index contributed by atoms with van der Waals surface area (Å²) in [6.45, 7) is 12.9. The monoisotopic (exact) mass is 641 g/mol. The smallest absolute Gasteiger partial charge is 0.421 e. The average Bonchev–Trinajstić information content (AvgIpc) is 3.14. The summed E-state index contributed by atoms with van der Waals surface area (Å²) in [6.07, 6.45) is -1.51. The first-order valence-corrected chi connectivity index (χ1v) is 17.6. The van der Waals surface area contributed by atoms with Crippen molar-refractivity contribution in [2.24, 2.45) is 0 Å². The molecule has 10 nitrogen and oxygen atoms in total. The van der Waals surface area contributed by atoms with Crippen LogP contribution in [0.25, 0.3) is 0 Å². The van der Waals surface area contributed by atoms with E-state index in [9.17, 15) is 18.7 Å². The van der Waals surface area contributed by atoms with Gasteiger partial charge in [-0.3, -0.25) is 13.9 Å². The standard InChI is InChI=1S/C30H42FNO9P2/c1-9-37-42(35,38-10-2)26(43(36,39-11-3)40-12-4)20-30(22-15-13-14-21(5)18-22)24-19-23(31)16-17-25(24)32(27(30)33)28(34)41-29(6,7)8/h13-19,26H,9-12,20H2,1-8H3/t30-/m1/s1. The molecule has 2 aromatic rings. The molecule has 0 bridgehead atoms. The molecule has 0 N–H and O–H groups in total. The first kappa shape index (κ1) is 35.1. The minimum Gasteiger partial charge on any atom is -0.443 e. The average molecular weight is 642 g/mol. The number of nitrogens with zero attached hydrogens (tertiary/aromatic N) is 1. The van der Waals surface area contributed by atoms with Crippen molar-refractivity contribution in [1.82, 2.24) is 0 Å². The van der Waals surface area contributed by atoms with Gasteiger partial charge in [-0.05, 0) is 91.1 Å². The van der Waals surface area contributed by atoms with Crippen molar-refractivity contribution in [3.63, 3.8) is 0 Å². The van der Waals surface area contributed by atoms with Gasteiger partial charge in [-0.25, -0.2) is 14.1 Å². The Labute approximate surface area is 253 Å². The van der Waals surface area contributed by atoms with Gasteiger partial charge < -0.3 is 22.8 Å². The molecule has 2 amide bonds. The summed E-state index contributed by atoms with van der Waals surface area (Å²) in [5, 5.41) is -1.64. The number of rotatable bonds is 13. The number of carbonyl (C=O) groups excluding carboxylic acids is 2. The molecule has 1 aliphatic heterocycles. The van der Waals surface area contributed by atoms with Gasteiger partial charge in [0.2, 0.25) is 0 Å². The number of carbonyl (C=O) groups is 2. The van der Waals surface area contributed by atoms with Gasteiger partial charge in [-0.1, -0.05) is 29.8 Å². The Morgan fingerprint density at radius 1 is 0.907 bits per heavy atom. The van der Waals surface area contributed by atoms with Crippen LogP contribution >= 0.6 is 15.2 Å². The quantitative estimate of drug-likeness (QED) is 0.201. The summed E-state index contributed by atoms with van der Waals surface area (Å²) < 4.78 is 72.5. The summed E-state index contributed by atoms with van der Waals surface area (Å²) in [7, 11) is -8.72. The maximum Gasteiger partial charge on any atom is 0.421 e. The maximum atomic E-state index is 15.1. The number of benzene rings is 2. The molecule has 13 heteroatoms. The van der Waals surface area contributed by atoms with E-state index in [2.05, 4.69) is 0 Å². The van der Waals surface area contributed by atoms with Gasteiger partial charge in [0.05, 0.1) is 32.1 Å². The number of anilines is 1. The van der Waals surface area contributed by atoms with Crippen molar-refractivity contribution < 1.29 is 45.9 Å². The Morgan fingerprint density at radius 2 is 1.44 bits per heavy atom. The zero-order valence-electron chi connectivity index (χ0n) is 26.0. The van der Waals surface area contributed by atoms with E-state index in [1.807, 2.05) is 13.0 Å². The van der Waals surface area contributed by atoms with Gasteiger partial charge in [0.15, 0.2) is 5.40 Å². The van der Waals surface area contributed by atoms with Crippen molar-refractivity contribution >= 4 is 32.9 Å². The normalized spacial score (nSPS) is 17.4.